The number of carbonyl (C=O) groups is 3. The largest absolute Gasteiger partial charge is 0.480 e. The number of carboxylic acid groups (broad SMARTS) is 2. The quantitative estimate of drug-likeness (QED) is 0.446. The summed E-state index contributed by atoms with van der Waals surface area (Å²) in [5, 5.41) is 18.7. The van der Waals surface area contributed by atoms with Crippen molar-refractivity contribution in [1.82, 2.24) is 4.90 Å². The molecule has 2 rings (SSSR count). The van der Waals surface area contributed by atoms with Gasteiger partial charge in [0.05, 0.1) is 4.91 Å². The Bertz CT molecular complexity index is 853. The zero-order chi connectivity index (χ0) is 21.7. The fourth-order valence-electron chi connectivity index (χ4n) is 2.85. The second-order valence-electron chi connectivity index (χ2n) is 6.65. The van der Waals surface area contributed by atoms with Crippen molar-refractivity contribution in [3.05, 3.63) is 34.7 Å². The van der Waals surface area contributed by atoms with Crippen LogP contribution in [0, 0.1) is 5.92 Å². The van der Waals surface area contributed by atoms with Crippen LogP contribution in [0.2, 0.25) is 0 Å². The van der Waals surface area contributed by atoms with Gasteiger partial charge in [0.1, 0.15) is 16.1 Å². The van der Waals surface area contributed by atoms with Crippen molar-refractivity contribution >= 4 is 52.2 Å². The van der Waals surface area contributed by atoms with Gasteiger partial charge in [-0.3, -0.25) is 9.69 Å². The molecule has 0 aliphatic carbocycles. The lowest BCUT2D eigenvalue weighted by Gasteiger charge is -2.27. The second kappa shape index (κ2) is 9.89. The third kappa shape index (κ3) is 5.36. The Hall–Kier alpha value is -2.39. The summed E-state index contributed by atoms with van der Waals surface area (Å²) in [5.41, 5.74) is 0.624. The molecule has 1 heterocycles. The highest BCUT2D eigenvalue weighted by Gasteiger charge is 2.42. The average Bonchev–Trinajstić information content (AvgIpc) is 2.93. The summed E-state index contributed by atoms with van der Waals surface area (Å²) >= 11 is 6.32. The van der Waals surface area contributed by atoms with E-state index >= 15 is 0 Å². The highest BCUT2D eigenvalue weighted by atomic mass is 32.2. The molecule has 156 valence electrons. The molecule has 3 unspecified atom stereocenters. The highest BCUT2D eigenvalue weighted by Crippen LogP contribution is 2.36. The Balaban J connectivity index is 2.28. The van der Waals surface area contributed by atoms with Crippen LogP contribution in [0.3, 0.4) is 0 Å². The number of thiocarbonyl (C=S) groups is 1. The average molecular weight is 438 g/mol. The predicted molar refractivity (Wildman–Crippen MR) is 115 cm³/mol. The van der Waals surface area contributed by atoms with Crippen LogP contribution in [-0.4, -0.2) is 49.4 Å². The molecule has 0 bridgehead atoms. The van der Waals surface area contributed by atoms with Gasteiger partial charge in [-0.05, 0) is 36.1 Å². The summed E-state index contributed by atoms with van der Waals surface area (Å²) in [6, 6.07) is 5.67. The Labute approximate surface area is 178 Å². The minimum Gasteiger partial charge on any atom is -0.480 e. The topological polar surface area (TPSA) is 104 Å². The molecule has 2 N–H and O–H groups in total. The van der Waals surface area contributed by atoms with E-state index in [0.29, 0.717) is 29.1 Å². The Kier molecular flexibility index (Phi) is 7.80. The monoisotopic (exact) mass is 437 g/mol. The van der Waals surface area contributed by atoms with Crippen LogP contribution < -0.4 is 4.74 Å². The second-order valence-corrected chi connectivity index (χ2v) is 8.32. The van der Waals surface area contributed by atoms with Crippen LogP contribution in [0.1, 0.15) is 39.2 Å². The smallest absolute Gasteiger partial charge is 0.344 e. The molecule has 1 amide bonds. The summed E-state index contributed by atoms with van der Waals surface area (Å²) < 4.78 is 5.69. The maximum Gasteiger partial charge on any atom is 0.344 e. The SMILES string of the molecule is CCC(Oc1cccc(/C=C2\SC(=S)N(C(C(=O)O)C(C)CC)C2=O)c1)C(=O)O. The zero-order valence-electron chi connectivity index (χ0n) is 16.3. The van der Waals surface area contributed by atoms with Crippen molar-refractivity contribution in [2.45, 2.75) is 45.8 Å². The van der Waals surface area contributed by atoms with Crippen LogP contribution in [0.4, 0.5) is 0 Å². The first kappa shape index (κ1) is 22.9. The van der Waals surface area contributed by atoms with Crippen molar-refractivity contribution in [1.29, 1.82) is 0 Å². The molecule has 9 heteroatoms. The van der Waals surface area contributed by atoms with E-state index in [2.05, 4.69) is 0 Å². The van der Waals surface area contributed by atoms with Crippen LogP contribution in [0.25, 0.3) is 6.08 Å². The van der Waals surface area contributed by atoms with Crippen molar-refractivity contribution in [2.75, 3.05) is 0 Å². The molecule has 1 aliphatic rings. The van der Waals surface area contributed by atoms with E-state index in [1.165, 1.54) is 4.90 Å². The number of rotatable bonds is 9. The molecule has 0 aromatic heterocycles. The minimum absolute atomic E-state index is 0.207. The summed E-state index contributed by atoms with van der Waals surface area (Å²) in [7, 11) is 0. The zero-order valence-corrected chi connectivity index (χ0v) is 18.0. The van der Waals surface area contributed by atoms with Gasteiger partial charge >= 0.3 is 11.9 Å². The molecule has 1 saturated heterocycles. The number of hydrogen-bond acceptors (Lipinski definition) is 6. The molecule has 1 aliphatic heterocycles. The Morgan fingerprint density at radius 2 is 1.93 bits per heavy atom. The first-order valence-electron chi connectivity index (χ1n) is 9.18. The number of amides is 1. The molecule has 0 radical (unpaired) electrons. The molecule has 0 spiro atoms. The Morgan fingerprint density at radius 3 is 2.48 bits per heavy atom. The van der Waals surface area contributed by atoms with Gasteiger partial charge in [0.25, 0.3) is 5.91 Å². The number of carbonyl (C=O) groups excluding carboxylic acids is 1. The van der Waals surface area contributed by atoms with Gasteiger partial charge in [-0.1, -0.05) is 63.3 Å². The van der Waals surface area contributed by atoms with E-state index in [1.807, 2.05) is 6.92 Å². The molecule has 29 heavy (non-hydrogen) atoms. The van der Waals surface area contributed by atoms with Gasteiger partial charge in [0.2, 0.25) is 0 Å². The number of nitrogens with zero attached hydrogens (tertiary/aromatic N) is 1. The minimum atomic E-state index is -1.09. The molecule has 1 aromatic rings. The molecule has 3 atom stereocenters. The fraction of sp³-hybridized carbons (Fsp3) is 0.400. The number of hydrogen-bond donors (Lipinski definition) is 2. The number of benzene rings is 1. The van der Waals surface area contributed by atoms with Crippen molar-refractivity contribution in [2.24, 2.45) is 5.92 Å². The third-order valence-corrected chi connectivity index (χ3v) is 5.95. The summed E-state index contributed by atoms with van der Waals surface area (Å²) in [6.07, 6.45) is 1.54. The predicted octanol–water partition coefficient (Wildman–Crippen LogP) is 3.63. The molecular formula is C20H23NO6S2. The lowest BCUT2D eigenvalue weighted by Crippen LogP contribution is -2.47. The molecule has 0 saturated carbocycles. The third-order valence-electron chi connectivity index (χ3n) is 4.62. The maximum atomic E-state index is 12.9. The Morgan fingerprint density at radius 1 is 1.24 bits per heavy atom. The lowest BCUT2D eigenvalue weighted by atomic mass is 9.98. The molecule has 1 aromatic carbocycles. The number of aliphatic carboxylic acids is 2. The molecular weight excluding hydrogens is 414 g/mol. The highest BCUT2D eigenvalue weighted by molar-refractivity contribution is 8.26. The van der Waals surface area contributed by atoms with Gasteiger partial charge < -0.3 is 14.9 Å². The van der Waals surface area contributed by atoms with Crippen LogP contribution in [-0.2, 0) is 14.4 Å². The lowest BCUT2D eigenvalue weighted by molar-refractivity contribution is -0.147. The van der Waals surface area contributed by atoms with Crippen LogP contribution in [0.15, 0.2) is 29.2 Å². The number of ether oxygens (including phenoxy) is 1. The molecule has 7 nitrogen and oxygen atoms in total. The first-order valence-corrected chi connectivity index (χ1v) is 10.4. The first-order chi connectivity index (χ1) is 13.7. The van der Waals surface area contributed by atoms with Crippen molar-refractivity contribution in [3.63, 3.8) is 0 Å². The van der Waals surface area contributed by atoms with E-state index < -0.39 is 30.0 Å². The van der Waals surface area contributed by atoms with E-state index in [9.17, 15) is 19.5 Å². The van der Waals surface area contributed by atoms with Crippen molar-refractivity contribution < 1.29 is 29.3 Å². The van der Waals surface area contributed by atoms with E-state index in [4.69, 9.17) is 22.1 Å². The van der Waals surface area contributed by atoms with Gasteiger partial charge in [-0.25, -0.2) is 9.59 Å². The number of thioether (sulfide) groups is 1. The van der Waals surface area contributed by atoms with Gasteiger partial charge in [0.15, 0.2) is 6.10 Å². The van der Waals surface area contributed by atoms with Crippen LogP contribution >= 0.6 is 24.0 Å². The number of carboxylic acids is 2. The summed E-state index contributed by atoms with van der Waals surface area (Å²) in [5.74, 6) is -2.48. The fourth-order valence-corrected chi connectivity index (χ4v) is 4.18. The van der Waals surface area contributed by atoms with Crippen LogP contribution in [0.5, 0.6) is 5.75 Å². The van der Waals surface area contributed by atoms with Gasteiger partial charge in [-0.2, -0.15) is 0 Å². The van der Waals surface area contributed by atoms with E-state index in [0.717, 1.165) is 11.8 Å². The normalized spacial score (nSPS) is 18.6. The van der Waals surface area contributed by atoms with Crippen molar-refractivity contribution in [3.8, 4) is 5.75 Å². The molecule has 1 fully saturated rings. The van der Waals surface area contributed by atoms with E-state index in [1.54, 1.807) is 44.2 Å². The van der Waals surface area contributed by atoms with E-state index in [-0.39, 0.29) is 10.2 Å². The van der Waals surface area contributed by atoms with Gasteiger partial charge in [0, 0.05) is 0 Å². The standard InChI is InChI=1S/C20H23NO6S2/c1-4-11(3)16(19(25)26)21-17(22)15(29-20(21)28)10-12-7-6-8-13(9-12)27-14(5-2)18(23)24/h6-11,14,16H,4-5H2,1-3H3,(H,23,24)(H,25,26)/b15-10-. The van der Waals surface area contributed by atoms with Gasteiger partial charge in [-0.15, -0.1) is 0 Å². The maximum absolute atomic E-state index is 12.9. The summed E-state index contributed by atoms with van der Waals surface area (Å²) in [4.78, 5) is 37.2. The summed E-state index contributed by atoms with van der Waals surface area (Å²) in [6.45, 7) is 5.35.